The molecule has 0 amide bonds. The summed E-state index contributed by atoms with van der Waals surface area (Å²) in [6, 6.07) is 20.5. The molecule has 4 atom stereocenters. The first-order chi connectivity index (χ1) is 23.5. The van der Waals surface area contributed by atoms with Crippen molar-refractivity contribution in [3.63, 3.8) is 0 Å². The Balaban J connectivity index is 1.24. The number of anilines is 2. The van der Waals surface area contributed by atoms with Crippen molar-refractivity contribution in [2.45, 2.75) is 36.9 Å². The fourth-order valence-electron chi connectivity index (χ4n) is 5.91. The molecule has 5 heterocycles. The lowest BCUT2D eigenvalue weighted by Gasteiger charge is -2.21. The Morgan fingerprint density at radius 3 is 2.40 bits per heavy atom. The fourth-order valence-corrected chi connectivity index (χ4v) is 5.91. The number of ether oxygens (including phenoxy) is 2. The van der Waals surface area contributed by atoms with E-state index in [4.69, 9.17) is 19.4 Å². The number of carbonyl (C=O) groups is 1. The monoisotopic (exact) mass is 650 g/mol. The number of benzene rings is 2. The van der Waals surface area contributed by atoms with Crippen molar-refractivity contribution < 1.29 is 19.4 Å². The van der Waals surface area contributed by atoms with Gasteiger partial charge >= 0.3 is 0 Å². The van der Waals surface area contributed by atoms with Crippen molar-refractivity contribution in [3.8, 4) is 0 Å². The normalized spacial score (nSPS) is 19.2. The molecule has 2 aromatic carbocycles. The molecule has 16 nitrogen and oxygen atoms in total. The number of hydrogen-bond acceptors (Lipinski definition) is 13. The summed E-state index contributed by atoms with van der Waals surface area (Å²) in [5.74, 6) is 1.00. The highest BCUT2D eigenvalue weighted by Crippen LogP contribution is 2.40. The van der Waals surface area contributed by atoms with Crippen molar-refractivity contribution in [2.75, 3.05) is 23.7 Å². The molecule has 7 rings (SSSR count). The summed E-state index contributed by atoms with van der Waals surface area (Å²) >= 11 is 0. The highest BCUT2D eigenvalue weighted by molar-refractivity contribution is 5.84. The van der Waals surface area contributed by atoms with Gasteiger partial charge in [-0.15, -0.1) is 10.2 Å². The predicted octanol–water partition coefficient (Wildman–Crippen LogP) is 2.15. The van der Waals surface area contributed by atoms with Gasteiger partial charge in [0, 0.05) is 38.7 Å². The zero-order valence-corrected chi connectivity index (χ0v) is 26.2. The van der Waals surface area contributed by atoms with E-state index in [0.717, 1.165) is 16.8 Å². The van der Waals surface area contributed by atoms with Crippen molar-refractivity contribution in [1.29, 1.82) is 0 Å². The third kappa shape index (κ3) is 6.30. The van der Waals surface area contributed by atoms with Gasteiger partial charge in [-0.05, 0) is 16.3 Å². The van der Waals surface area contributed by atoms with Gasteiger partial charge in [0.15, 0.2) is 35.4 Å². The maximum Gasteiger partial charge on any atom is 0.293 e. The van der Waals surface area contributed by atoms with Crippen LogP contribution in [0.2, 0.25) is 0 Å². The van der Waals surface area contributed by atoms with Gasteiger partial charge in [-0.3, -0.25) is 9.36 Å². The van der Waals surface area contributed by atoms with E-state index in [0.29, 0.717) is 42.4 Å². The van der Waals surface area contributed by atoms with E-state index in [2.05, 4.69) is 60.3 Å². The molecule has 1 saturated heterocycles. The molecule has 1 fully saturated rings. The first-order valence-corrected chi connectivity index (χ1v) is 15.4. The molecular weight excluding hydrogens is 616 g/mol. The van der Waals surface area contributed by atoms with E-state index in [1.165, 1.54) is 11.1 Å². The molecule has 246 valence electrons. The lowest BCUT2D eigenvalue weighted by Crippen LogP contribution is -2.32. The second-order valence-corrected chi connectivity index (χ2v) is 11.5. The van der Waals surface area contributed by atoms with E-state index >= 15 is 0 Å². The van der Waals surface area contributed by atoms with Crippen LogP contribution in [0, 0.1) is 0 Å². The minimum atomic E-state index is -1.28. The largest absolute Gasteiger partial charge is 0.457 e. The van der Waals surface area contributed by atoms with Crippen LogP contribution in [0.4, 0.5) is 11.8 Å². The highest BCUT2D eigenvalue weighted by atomic mass is 16.6. The van der Waals surface area contributed by atoms with Gasteiger partial charge in [-0.2, -0.15) is 14.8 Å². The summed E-state index contributed by atoms with van der Waals surface area (Å²) in [6.45, 7) is 1.30. The number of nitrogens with zero attached hydrogens (tertiary/aromatic N) is 10. The number of fused-ring (bicyclic) bond motifs is 1. The van der Waals surface area contributed by atoms with Crippen LogP contribution in [0.15, 0.2) is 79.5 Å². The average molecular weight is 651 g/mol. The molecule has 1 aliphatic heterocycles. The molecule has 48 heavy (non-hydrogen) atoms. The van der Waals surface area contributed by atoms with Gasteiger partial charge in [-0.1, -0.05) is 60.7 Å². The first kappa shape index (κ1) is 30.9. The lowest BCUT2D eigenvalue weighted by molar-refractivity contribution is -0.142. The molecule has 1 aliphatic rings. The molecule has 0 radical (unpaired) electrons. The lowest BCUT2D eigenvalue weighted by atomic mass is 9.91. The summed E-state index contributed by atoms with van der Waals surface area (Å²) in [5.41, 5.74) is 4.08. The van der Waals surface area contributed by atoms with E-state index in [1.807, 2.05) is 54.2 Å². The number of imidazole rings is 2. The molecule has 0 spiro atoms. The summed E-state index contributed by atoms with van der Waals surface area (Å²) < 4.78 is 15.1. The number of tetrazole rings is 1. The quantitative estimate of drug-likeness (QED) is 0.155. The molecule has 0 aliphatic carbocycles. The number of aryl methyl sites for hydroxylation is 2. The van der Waals surface area contributed by atoms with Crippen molar-refractivity contribution in [2.24, 2.45) is 14.1 Å². The molecular formula is C32H34N12O4. The highest BCUT2D eigenvalue weighted by Gasteiger charge is 2.49. The summed E-state index contributed by atoms with van der Waals surface area (Å²) in [5, 5.41) is 30.0. The third-order valence-electron chi connectivity index (χ3n) is 8.20. The molecule has 4 aromatic heterocycles. The van der Waals surface area contributed by atoms with Gasteiger partial charge in [0.2, 0.25) is 11.8 Å². The van der Waals surface area contributed by atoms with E-state index in [9.17, 15) is 9.90 Å². The number of aliphatic hydroxyl groups is 1. The second-order valence-electron chi connectivity index (χ2n) is 11.5. The Morgan fingerprint density at radius 2 is 1.75 bits per heavy atom. The summed E-state index contributed by atoms with van der Waals surface area (Å²) in [7, 11) is 3.53. The van der Waals surface area contributed by atoms with Crippen LogP contribution in [-0.2, 0) is 34.8 Å². The maximum absolute atomic E-state index is 11.5. The standard InChI is InChI=1S/C32H34N12O4/c1-42-16-22(35-17-42)13-14-33-32-37-28(34-15-23(20-9-5-3-6-10-20)21-11-7-4-8-12-21)24-30(38-32)44(18-36-24)31-27(47-19-45)25(46)26(48-31)29-39-41-43(2)40-29/h3-12,16-19,23,25-27,31,46H,13-15H2,1-2H3,(H2,33,34,37,38)/t25-,26+,27-,31-/m1/s1. The van der Waals surface area contributed by atoms with Crippen molar-refractivity contribution in [1.82, 2.24) is 49.3 Å². The second kappa shape index (κ2) is 13.5. The molecule has 0 unspecified atom stereocenters. The van der Waals surface area contributed by atoms with Gasteiger partial charge < -0.3 is 29.8 Å². The minimum Gasteiger partial charge on any atom is -0.457 e. The van der Waals surface area contributed by atoms with Crippen LogP contribution >= 0.6 is 0 Å². The Labute approximate surface area is 274 Å². The summed E-state index contributed by atoms with van der Waals surface area (Å²) in [6.07, 6.45) is 1.48. The van der Waals surface area contributed by atoms with E-state index in [-0.39, 0.29) is 18.2 Å². The minimum absolute atomic E-state index is 0.0130. The van der Waals surface area contributed by atoms with Gasteiger partial charge in [0.1, 0.15) is 6.10 Å². The summed E-state index contributed by atoms with van der Waals surface area (Å²) in [4.78, 5) is 31.5. The molecule has 6 aromatic rings. The Kier molecular flexibility index (Phi) is 8.72. The number of nitrogens with one attached hydrogen (secondary N) is 2. The average Bonchev–Trinajstić information content (AvgIpc) is 3.90. The number of carbonyl (C=O) groups excluding carboxylic acids is 1. The van der Waals surface area contributed by atoms with Crippen LogP contribution < -0.4 is 10.6 Å². The SMILES string of the molecule is Cn1cnc(CCNc2nc(NCC(c3ccccc3)c3ccccc3)c3ncn([C@@H]4O[C@H](c5nnn(C)n5)[C@@H](O)[C@H]4OC=O)c3n2)c1. The van der Waals surface area contributed by atoms with E-state index < -0.39 is 24.5 Å². The van der Waals surface area contributed by atoms with Gasteiger partial charge in [0.25, 0.3) is 6.47 Å². The van der Waals surface area contributed by atoms with Crippen LogP contribution in [0.1, 0.15) is 40.9 Å². The topological polar surface area (TPSA) is 185 Å². The smallest absolute Gasteiger partial charge is 0.293 e. The van der Waals surface area contributed by atoms with Crippen LogP contribution in [-0.4, -0.2) is 86.2 Å². The predicted molar refractivity (Wildman–Crippen MR) is 173 cm³/mol. The maximum atomic E-state index is 11.5. The van der Waals surface area contributed by atoms with Crippen LogP contribution in [0.25, 0.3) is 11.2 Å². The third-order valence-corrected chi connectivity index (χ3v) is 8.20. The Morgan fingerprint density at radius 1 is 1.00 bits per heavy atom. The number of rotatable bonds is 13. The molecule has 0 bridgehead atoms. The number of aliphatic hydroxyl groups excluding tert-OH is 1. The van der Waals surface area contributed by atoms with Crippen LogP contribution in [0.3, 0.4) is 0 Å². The van der Waals surface area contributed by atoms with Crippen molar-refractivity contribution in [3.05, 3.63) is 102 Å². The van der Waals surface area contributed by atoms with Crippen molar-refractivity contribution >= 4 is 29.4 Å². The van der Waals surface area contributed by atoms with Gasteiger partial charge in [0.05, 0.1) is 25.4 Å². The molecule has 16 heteroatoms. The zero-order chi connectivity index (χ0) is 33.0. The fraction of sp³-hybridized carbons (Fsp3) is 0.312. The molecule has 0 saturated carbocycles. The number of hydrogen-bond donors (Lipinski definition) is 3. The Hall–Kier alpha value is -5.74. The molecule has 3 N–H and O–H groups in total. The van der Waals surface area contributed by atoms with Gasteiger partial charge in [-0.25, -0.2) is 9.97 Å². The Bertz CT molecular complexity index is 1940. The van der Waals surface area contributed by atoms with E-state index in [1.54, 1.807) is 17.9 Å². The zero-order valence-electron chi connectivity index (χ0n) is 26.2. The number of aromatic nitrogens is 10. The first-order valence-electron chi connectivity index (χ1n) is 15.4. The van der Waals surface area contributed by atoms with Crippen LogP contribution in [0.5, 0.6) is 0 Å².